The molecular weight excluding hydrogens is 218 g/mol. The molecular formula is C13H19NOS. The van der Waals surface area contributed by atoms with Gasteiger partial charge >= 0.3 is 0 Å². The van der Waals surface area contributed by atoms with Gasteiger partial charge in [0.25, 0.3) is 0 Å². The quantitative estimate of drug-likeness (QED) is 0.817. The third-order valence-corrected chi connectivity index (χ3v) is 4.39. The van der Waals surface area contributed by atoms with Crippen molar-refractivity contribution >= 4 is 11.4 Å². The van der Waals surface area contributed by atoms with Crippen LogP contribution in [0.4, 0.5) is 0 Å². The Morgan fingerprint density at radius 3 is 2.31 bits per heavy atom. The lowest BCUT2D eigenvalue weighted by atomic mass is 9.94. The van der Waals surface area contributed by atoms with Crippen molar-refractivity contribution in [1.29, 1.82) is 0 Å². The molecule has 1 aromatic rings. The summed E-state index contributed by atoms with van der Waals surface area (Å²) in [5, 5.41) is 0. The molecule has 0 bridgehead atoms. The maximum Gasteiger partial charge on any atom is 0.173 e. The van der Waals surface area contributed by atoms with Gasteiger partial charge < -0.3 is 4.55 Å². The Labute approximate surface area is 101 Å². The first-order valence-electron chi connectivity index (χ1n) is 5.94. The van der Waals surface area contributed by atoms with Crippen LogP contribution in [0.15, 0.2) is 29.2 Å². The lowest BCUT2D eigenvalue weighted by Gasteiger charge is -2.26. The van der Waals surface area contributed by atoms with Gasteiger partial charge in [-0.25, -0.2) is 0 Å². The number of hydrogen-bond acceptors (Lipinski definition) is 2. The van der Waals surface area contributed by atoms with Crippen molar-refractivity contribution in [2.24, 2.45) is 0 Å². The van der Waals surface area contributed by atoms with Crippen molar-refractivity contribution in [2.45, 2.75) is 50.0 Å². The maximum atomic E-state index is 11.9. The third kappa shape index (κ3) is 2.78. The van der Waals surface area contributed by atoms with E-state index in [1.54, 1.807) is 0 Å². The molecule has 0 amide bonds. The van der Waals surface area contributed by atoms with Crippen molar-refractivity contribution in [1.82, 2.24) is 4.72 Å². The summed E-state index contributed by atoms with van der Waals surface area (Å²) in [5.74, 6) is 0.530. The zero-order valence-corrected chi connectivity index (χ0v) is 10.7. The van der Waals surface area contributed by atoms with E-state index in [2.05, 4.69) is 30.7 Å². The fourth-order valence-electron chi connectivity index (χ4n) is 1.72. The Hall–Kier alpha value is -0.510. The Morgan fingerprint density at radius 2 is 1.88 bits per heavy atom. The Morgan fingerprint density at radius 1 is 1.25 bits per heavy atom. The number of nitrogens with one attached hydrogen (secondary N) is 1. The molecule has 1 N–H and O–H groups in total. The molecule has 0 saturated heterocycles. The molecule has 1 atom stereocenters. The van der Waals surface area contributed by atoms with E-state index in [0.717, 1.165) is 17.7 Å². The van der Waals surface area contributed by atoms with Gasteiger partial charge in [-0.3, -0.25) is 0 Å². The van der Waals surface area contributed by atoms with Crippen molar-refractivity contribution in [3.63, 3.8) is 0 Å². The highest BCUT2D eigenvalue weighted by atomic mass is 32.2. The monoisotopic (exact) mass is 237 g/mol. The minimum atomic E-state index is -1.03. The highest BCUT2D eigenvalue weighted by Gasteiger charge is 2.23. The molecule has 0 spiro atoms. The van der Waals surface area contributed by atoms with Gasteiger partial charge in [-0.05, 0) is 36.5 Å². The summed E-state index contributed by atoms with van der Waals surface area (Å²) >= 11 is -1.03. The van der Waals surface area contributed by atoms with Crippen LogP contribution in [0.25, 0.3) is 0 Å². The minimum Gasteiger partial charge on any atom is -0.593 e. The molecule has 1 aliphatic rings. The summed E-state index contributed by atoms with van der Waals surface area (Å²) in [5.41, 5.74) is 1.30. The van der Waals surface area contributed by atoms with Crippen LogP contribution in [0.5, 0.6) is 0 Å². The second kappa shape index (κ2) is 5.21. The molecule has 1 saturated carbocycles. The van der Waals surface area contributed by atoms with E-state index >= 15 is 0 Å². The van der Waals surface area contributed by atoms with Crippen molar-refractivity contribution < 1.29 is 4.55 Å². The number of hydrogen-bond donors (Lipinski definition) is 1. The van der Waals surface area contributed by atoms with Gasteiger partial charge in [0.1, 0.15) is 0 Å². The van der Waals surface area contributed by atoms with Gasteiger partial charge in [-0.2, -0.15) is 0 Å². The molecule has 1 fully saturated rings. The Bertz CT molecular complexity index is 332. The van der Waals surface area contributed by atoms with Crippen LogP contribution in [0.2, 0.25) is 0 Å². The predicted molar refractivity (Wildman–Crippen MR) is 67.7 cm³/mol. The SMILES string of the molecule is CC(C)c1ccc([S+]([O-])NC2CCC2)cc1. The summed E-state index contributed by atoms with van der Waals surface area (Å²) in [4.78, 5) is 0.885. The smallest absolute Gasteiger partial charge is 0.173 e. The number of rotatable bonds is 4. The largest absolute Gasteiger partial charge is 0.593 e. The lowest BCUT2D eigenvalue weighted by Crippen LogP contribution is -2.39. The molecule has 1 aliphatic carbocycles. The van der Waals surface area contributed by atoms with Crippen LogP contribution >= 0.6 is 0 Å². The van der Waals surface area contributed by atoms with Gasteiger partial charge in [0.2, 0.25) is 0 Å². The molecule has 2 nitrogen and oxygen atoms in total. The van der Waals surface area contributed by atoms with E-state index in [9.17, 15) is 4.55 Å². The fraction of sp³-hybridized carbons (Fsp3) is 0.538. The van der Waals surface area contributed by atoms with E-state index in [4.69, 9.17) is 0 Å². The molecule has 88 valence electrons. The van der Waals surface area contributed by atoms with Crippen LogP contribution in [-0.2, 0) is 11.4 Å². The van der Waals surface area contributed by atoms with Gasteiger partial charge in [-0.1, -0.05) is 32.4 Å². The van der Waals surface area contributed by atoms with Gasteiger partial charge in [0, 0.05) is 0 Å². The normalized spacial score (nSPS) is 18.5. The molecule has 2 rings (SSSR count). The standard InChI is InChI=1S/C13H19NOS/c1-10(2)11-6-8-13(9-7-11)16(15)14-12-4-3-5-12/h6-10,12,14H,3-5H2,1-2H3. The Balaban J connectivity index is 1.97. The zero-order valence-electron chi connectivity index (χ0n) is 9.90. The van der Waals surface area contributed by atoms with Crippen molar-refractivity contribution in [3.05, 3.63) is 29.8 Å². The molecule has 3 heteroatoms. The van der Waals surface area contributed by atoms with Crippen molar-refractivity contribution in [3.8, 4) is 0 Å². The van der Waals surface area contributed by atoms with Gasteiger partial charge in [0.15, 0.2) is 4.90 Å². The van der Waals surface area contributed by atoms with E-state index < -0.39 is 11.4 Å². The highest BCUT2D eigenvalue weighted by molar-refractivity contribution is 7.89. The van der Waals surface area contributed by atoms with Gasteiger partial charge in [-0.15, -0.1) is 4.72 Å². The maximum absolute atomic E-state index is 11.9. The van der Waals surface area contributed by atoms with E-state index in [1.165, 1.54) is 12.0 Å². The average molecular weight is 237 g/mol. The van der Waals surface area contributed by atoms with Crippen molar-refractivity contribution in [2.75, 3.05) is 0 Å². The van der Waals surface area contributed by atoms with E-state index in [0.29, 0.717) is 12.0 Å². The van der Waals surface area contributed by atoms with Crippen LogP contribution in [-0.4, -0.2) is 10.6 Å². The topological polar surface area (TPSA) is 35.1 Å². The predicted octanol–water partition coefficient (Wildman–Crippen LogP) is 2.97. The Kier molecular flexibility index (Phi) is 3.90. The van der Waals surface area contributed by atoms with Gasteiger partial charge in [0.05, 0.1) is 17.4 Å². The van der Waals surface area contributed by atoms with Crippen LogP contribution in [0.1, 0.15) is 44.6 Å². The zero-order chi connectivity index (χ0) is 11.5. The molecule has 0 aromatic heterocycles. The fourth-order valence-corrected chi connectivity index (χ4v) is 2.78. The summed E-state index contributed by atoms with van der Waals surface area (Å²) in [6.45, 7) is 4.33. The average Bonchev–Trinajstić information content (AvgIpc) is 2.23. The molecule has 16 heavy (non-hydrogen) atoms. The third-order valence-electron chi connectivity index (χ3n) is 3.14. The molecule has 0 heterocycles. The van der Waals surface area contributed by atoms with Crippen LogP contribution < -0.4 is 4.72 Å². The first-order chi connectivity index (χ1) is 7.66. The molecule has 0 radical (unpaired) electrons. The minimum absolute atomic E-state index is 0.464. The second-order valence-corrected chi connectivity index (χ2v) is 5.98. The van der Waals surface area contributed by atoms with E-state index in [-0.39, 0.29) is 0 Å². The summed E-state index contributed by atoms with van der Waals surface area (Å²) in [7, 11) is 0. The van der Waals surface area contributed by atoms with Crippen LogP contribution in [0, 0.1) is 0 Å². The summed E-state index contributed by atoms with van der Waals surface area (Å²) in [6, 6.07) is 8.54. The highest BCUT2D eigenvalue weighted by Crippen LogP contribution is 2.22. The second-order valence-electron chi connectivity index (χ2n) is 4.74. The number of benzene rings is 1. The summed E-state index contributed by atoms with van der Waals surface area (Å²) < 4.78 is 15.1. The van der Waals surface area contributed by atoms with Crippen LogP contribution in [0.3, 0.4) is 0 Å². The summed E-state index contributed by atoms with van der Waals surface area (Å²) in [6.07, 6.45) is 3.59. The first kappa shape index (κ1) is 12.0. The molecule has 1 unspecified atom stereocenters. The lowest BCUT2D eigenvalue weighted by molar-refractivity contribution is 0.383. The molecule has 1 aromatic carbocycles. The first-order valence-corrected chi connectivity index (χ1v) is 7.09. The van der Waals surface area contributed by atoms with E-state index in [1.807, 2.05) is 12.1 Å². The molecule has 0 aliphatic heterocycles.